The number of fused-ring (bicyclic) bond motifs is 1. The fourth-order valence-corrected chi connectivity index (χ4v) is 3.20. The first-order valence-corrected chi connectivity index (χ1v) is 6.04. The van der Waals surface area contributed by atoms with Crippen molar-refractivity contribution in [1.82, 2.24) is 0 Å². The molecule has 0 atom stereocenters. The number of carbonyl (C=O) groups excluding carboxylic acids is 1. The van der Waals surface area contributed by atoms with Gasteiger partial charge < -0.3 is 4.79 Å². The Bertz CT molecular complexity index is 553. The quantitative estimate of drug-likeness (QED) is 0.716. The SMILES string of the molecule is Cc1ccc2c(c1)C=C(CC=O)S2(=O)=O. The van der Waals surface area contributed by atoms with Gasteiger partial charge in [-0.1, -0.05) is 17.7 Å². The summed E-state index contributed by atoms with van der Waals surface area (Å²) in [5.41, 5.74) is 1.69. The van der Waals surface area contributed by atoms with Gasteiger partial charge in [-0.15, -0.1) is 0 Å². The highest BCUT2D eigenvalue weighted by Crippen LogP contribution is 2.34. The zero-order valence-corrected chi connectivity index (χ0v) is 9.04. The number of hydrogen-bond acceptors (Lipinski definition) is 3. The minimum atomic E-state index is -3.40. The van der Waals surface area contributed by atoms with Gasteiger partial charge in [0.05, 0.1) is 9.80 Å². The first kappa shape index (κ1) is 10.1. The molecular formula is C11H10O3S. The maximum absolute atomic E-state index is 11.9. The molecule has 0 aromatic heterocycles. The molecule has 1 aromatic carbocycles. The fourth-order valence-electron chi connectivity index (χ4n) is 1.67. The molecule has 15 heavy (non-hydrogen) atoms. The standard InChI is InChI=1S/C11H10O3S/c1-8-2-3-11-9(6-8)7-10(4-5-12)15(11,13)14/h2-3,5-7H,4H2,1H3. The van der Waals surface area contributed by atoms with E-state index in [-0.39, 0.29) is 11.3 Å². The van der Waals surface area contributed by atoms with Gasteiger partial charge in [-0.05, 0) is 24.6 Å². The Morgan fingerprint density at radius 2 is 2.07 bits per heavy atom. The lowest BCUT2D eigenvalue weighted by atomic mass is 10.1. The third kappa shape index (κ3) is 1.51. The molecular weight excluding hydrogens is 212 g/mol. The van der Waals surface area contributed by atoms with Crippen LogP contribution in [0.1, 0.15) is 17.5 Å². The maximum atomic E-state index is 11.9. The number of aldehydes is 1. The van der Waals surface area contributed by atoms with Crippen LogP contribution in [0, 0.1) is 6.92 Å². The van der Waals surface area contributed by atoms with Crippen molar-refractivity contribution in [2.45, 2.75) is 18.2 Å². The van der Waals surface area contributed by atoms with Crippen LogP contribution < -0.4 is 0 Å². The average Bonchev–Trinajstić information content (AvgIpc) is 2.39. The Hall–Kier alpha value is -1.42. The van der Waals surface area contributed by atoms with Crippen molar-refractivity contribution in [2.24, 2.45) is 0 Å². The lowest BCUT2D eigenvalue weighted by Gasteiger charge is -2.00. The molecule has 0 radical (unpaired) electrons. The van der Waals surface area contributed by atoms with Gasteiger partial charge in [-0.25, -0.2) is 8.42 Å². The van der Waals surface area contributed by atoms with Crippen LogP contribution in [-0.2, 0) is 14.6 Å². The van der Waals surface area contributed by atoms with Gasteiger partial charge in [0.2, 0.25) is 9.84 Å². The molecule has 1 aromatic rings. The van der Waals surface area contributed by atoms with Gasteiger partial charge in [0.15, 0.2) is 0 Å². The van der Waals surface area contributed by atoms with Gasteiger partial charge in [-0.2, -0.15) is 0 Å². The predicted molar refractivity (Wildman–Crippen MR) is 57.0 cm³/mol. The van der Waals surface area contributed by atoms with E-state index in [1.54, 1.807) is 18.2 Å². The third-order valence-electron chi connectivity index (χ3n) is 2.40. The van der Waals surface area contributed by atoms with Crippen LogP contribution in [0.25, 0.3) is 6.08 Å². The smallest absolute Gasteiger partial charge is 0.203 e. The van der Waals surface area contributed by atoms with Crippen LogP contribution in [-0.4, -0.2) is 14.7 Å². The summed E-state index contributed by atoms with van der Waals surface area (Å²) in [6.07, 6.45) is 2.14. The number of sulfone groups is 1. The van der Waals surface area contributed by atoms with Crippen molar-refractivity contribution in [3.8, 4) is 0 Å². The molecule has 1 heterocycles. The fraction of sp³-hybridized carbons (Fsp3) is 0.182. The maximum Gasteiger partial charge on any atom is 0.203 e. The molecule has 0 unspecified atom stereocenters. The number of benzene rings is 1. The van der Waals surface area contributed by atoms with E-state index < -0.39 is 9.84 Å². The van der Waals surface area contributed by atoms with E-state index in [2.05, 4.69) is 0 Å². The summed E-state index contributed by atoms with van der Waals surface area (Å²) in [5.74, 6) is 0. The monoisotopic (exact) mass is 222 g/mol. The van der Waals surface area contributed by atoms with E-state index in [1.165, 1.54) is 0 Å². The highest BCUT2D eigenvalue weighted by Gasteiger charge is 2.28. The zero-order chi connectivity index (χ0) is 11.1. The number of carbonyl (C=O) groups is 1. The van der Waals surface area contributed by atoms with E-state index in [4.69, 9.17) is 0 Å². The van der Waals surface area contributed by atoms with Crippen molar-refractivity contribution in [3.63, 3.8) is 0 Å². The molecule has 0 fully saturated rings. The summed E-state index contributed by atoms with van der Waals surface area (Å²) >= 11 is 0. The van der Waals surface area contributed by atoms with E-state index >= 15 is 0 Å². The van der Waals surface area contributed by atoms with E-state index in [1.807, 2.05) is 13.0 Å². The van der Waals surface area contributed by atoms with Gasteiger partial charge in [-0.3, -0.25) is 0 Å². The Morgan fingerprint density at radius 1 is 1.33 bits per heavy atom. The summed E-state index contributed by atoms with van der Waals surface area (Å²) in [5, 5.41) is 0. The number of aryl methyl sites for hydroxylation is 1. The molecule has 0 N–H and O–H groups in total. The van der Waals surface area contributed by atoms with E-state index in [9.17, 15) is 13.2 Å². The summed E-state index contributed by atoms with van der Waals surface area (Å²) in [7, 11) is -3.40. The predicted octanol–water partition coefficient (Wildman–Crippen LogP) is 1.71. The molecule has 2 rings (SSSR count). The Balaban J connectivity index is 2.63. The second-order valence-corrected chi connectivity index (χ2v) is 5.50. The van der Waals surface area contributed by atoms with Crippen LogP contribution in [0.4, 0.5) is 0 Å². The second-order valence-electron chi connectivity index (χ2n) is 3.53. The zero-order valence-electron chi connectivity index (χ0n) is 8.23. The van der Waals surface area contributed by atoms with Crippen molar-refractivity contribution >= 4 is 22.2 Å². The largest absolute Gasteiger partial charge is 0.303 e. The van der Waals surface area contributed by atoms with Gasteiger partial charge in [0, 0.05) is 6.42 Å². The molecule has 0 saturated carbocycles. The summed E-state index contributed by atoms with van der Waals surface area (Å²) < 4.78 is 23.7. The molecule has 4 heteroatoms. The normalized spacial score (nSPS) is 17.0. The molecule has 0 saturated heterocycles. The summed E-state index contributed by atoms with van der Waals surface area (Å²) in [4.78, 5) is 10.9. The van der Waals surface area contributed by atoms with Crippen molar-refractivity contribution in [3.05, 3.63) is 34.2 Å². The minimum absolute atomic E-state index is 0.0456. The molecule has 0 aliphatic carbocycles. The third-order valence-corrected chi connectivity index (χ3v) is 4.33. The van der Waals surface area contributed by atoms with Crippen LogP contribution in [0.15, 0.2) is 28.0 Å². The number of allylic oxidation sites excluding steroid dienone is 1. The van der Waals surface area contributed by atoms with Crippen LogP contribution in [0.5, 0.6) is 0 Å². The van der Waals surface area contributed by atoms with Gasteiger partial charge in [0.25, 0.3) is 0 Å². The molecule has 1 aliphatic rings. The van der Waals surface area contributed by atoms with Crippen LogP contribution in [0.2, 0.25) is 0 Å². The van der Waals surface area contributed by atoms with Crippen LogP contribution >= 0.6 is 0 Å². The van der Waals surface area contributed by atoms with Gasteiger partial charge >= 0.3 is 0 Å². The molecule has 78 valence electrons. The Morgan fingerprint density at radius 3 is 2.73 bits per heavy atom. The van der Waals surface area contributed by atoms with Crippen molar-refractivity contribution in [2.75, 3.05) is 0 Å². The first-order valence-electron chi connectivity index (χ1n) is 4.55. The van der Waals surface area contributed by atoms with E-state index in [0.29, 0.717) is 16.7 Å². The molecule has 0 spiro atoms. The van der Waals surface area contributed by atoms with E-state index in [0.717, 1.165) is 5.56 Å². The highest BCUT2D eigenvalue weighted by atomic mass is 32.2. The lowest BCUT2D eigenvalue weighted by molar-refractivity contribution is -0.107. The van der Waals surface area contributed by atoms with Crippen molar-refractivity contribution in [1.29, 1.82) is 0 Å². The lowest BCUT2D eigenvalue weighted by Crippen LogP contribution is -2.01. The molecule has 1 aliphatic heterocycles. The topological polar surface area (TPSA) is 51.2 Å². The van der Waals surface area contributed by atoms with Crippen molar-refractivity contribution < 1.29 is 13.2 Å². The molecule has 0 bridgehead atoms. The number of rotatable bonds is 2. The Labute approximate surface area is 88.3 Å². The molecule has 3 nitrogen and oxygen atoms in total. The first-order chi connectivity index (χ1) is 7.05. The molecule has 0 amide bonds. The number of hydrogen-bond donors (Lipinski definition) is 0. The summed E-state index contributed by atoms with van der Waals surface area (Å²) in [6, 6.07) is 5.16. The Kier molecular flexibility index (Phi) is 2.23. The average molecular weight is 222 g/mol. The second kappa shape index (κ2) is 3.31. The minimum Gasteiger partial charge on any atom is -0.303 e. The van der Waals surface area contributed by atoms with Gasteiger partial charge in [0.1, 0.15) is 6.29 Å². The summed E-state index contributed by atoms with van der Waals surface area (Å²) in [6.45, 7) is 1.90. The highest BCUT2D eigenvalue weighted by molar-refractivity contribution is 7.95. The van der Waals surface area contributed by atoms with Crippen LogP contribution in [0.3, 0.4) is 0 Å².